The lowest BCUT2D eigenvalue weighted by Crippen LogP contribution is -2.35. The highest BCUT2D eigenvalue weighted by Crippen LogP contribution is 2.41. The van der Waals surface area contributed by atoms with Crippen LogP contribution < -0.4 is 14.1 Å². The van der Waals surface area contributed by atoms with Gasteiger partial charge in [0.05, 0.1) is 0 Å². The highest BCUT2D eigenvalue weighted by Gasteiger charge is 2.37. The number of halogens is 3. The molecule has 0 fully saturated rings. The van der Waals surface area contributed by atoms with Gasteiger partial charge in [-0.1, -0.05) is 0 Å². The minimum atomic E-state index is -5.08. The molecule has 106 valence electrons. The second-order valence-corrected chi connectivity index (χ2v) is 3.59. The molecule has 1 aliphatic heterocycles. The van der Waals surface area contributed by atoms with E-state index in [0.29, 0.717) is 0 Å². The van der Waals surface area contributed by atoms with E-state index in [2.05, 4.69) is 4.74 Å². The molecule has 0 aliphatic carbocycles. The maximum atomic E-state index is 12.2. The third-order valence-corrected chi connectivity index (χ3v) is 2.24. The number of carbonyl (C=O) groups excluding carboxylic acids is 1. The first-order valence-electron chi connectivity index (χ1n) is 5.10. The summed E-state index contributed by atoms with van der Waals surface area (Å²) in [5, 5.41) is 11.3. The molecule has 1 heterocycles. The molecule has 0 saturated carbocycles. The SMILES string of the molecule is O=NC(=O)c1c(OC(F)(F)F)ccc2c1OB(O)CO2. The normalized spacial score (nSPS) is 13.9. The van der Waals surface area contributed by atoms with E-state index in [4.69, 9.17) is 9.39 Å². The molecule has 2 rings (SSSR count). The molecule has 1 N–H and O–H groups in total. The van der Waals surface area contributed by atoms with Gasteiger partial charge in [0.25, 0.3) is 0 Å². The van der Waals surface area contributed by atoms with Gasteiger partial charge in [-0.3, -0.25) is 4.79 Å². The summed E-state index contributed by atoms with van der Waals surface area (Å²) in [5.74, 6) is -3.16. The topological polar surface area (TPSA) is 94.4 Å². The number of ether oxygens (including phenoxy) is 2. The average molecular weight is 291 g/mol. The summed E-state index contributed by atoms with van der Waals surface area (Å²) in [6, 6.07) is 1.83. The molecule has 20 heavy (non-hydrogen) atoms. The Bertz CT molecular complexity index is 563. The van der Waals surface area contributed by atoms with Gasteiger partial charge >= 0.3 is 19.4 Å². The fourth-order valence-electron chi connectivity index (χ4n) is 1.57. The summed E-state index contributed by atoms with van der Waals surface area (Å²) in [6.45, 7) is -0.283. The molecule has 0 aromatic heterocycles. The number of alkyl halides is 3. The second-order valence-electron chi connectivity index (χ2n) is 3.59. The zero-order valence-electron chi connectivity index (χ0n) is 9.51. The van der Waals surface area contributed by atoms with Crippen LogP contribution in [0, 0.1) is 4.91 Å². The van der Waals surface area contributed by atoms with Crippen LogP contribution in [-0.4, -0.2) is 30.9 Å². The van der Waals surface area contributed by atoms with Gasteiger partial charge in [0.2, 0.25) is 0 Å². The van der Waals surface area contributed by atoms with E-state index in [1.165, 1.54) is 0 Å². The van der Waals surface area contributed by atoms with Crippen molar-refractivity contribution in [1.29, 1.82) is 0 Å². The molecule has 0 spiro atoms. The number of nitrogens with zero attached hydrogens (tertiary/aromatic N) is 1. The van der Waals surface area contributed by atoms with E-state index in [9.17, 15) is 27.9 Å². The zero-order valence-corrected chi connectivity index (χ0v) is 9.51. The third kappa shape index (κ3) is 2.82. The molecule has 1 amide bonds. The van der Waals surface area contributed by atoms with Crippen molar-refractivity contribution in [3.8, 4) is 17.2 Å². The molecule has 0 unspecified atom stereocenters. The molecule has 0 atom stereocenters. The van der Waals surface area contributed by atoms with Crippen molar-refractivity contribution in [2.24, 2.45) is 5.18 Å². The Balaban J connectivity index is 2.55. The number of rotatable bonds is 2. The van der Waals surface area contributed by atoms with Crippen molar-refractivity contribution in [1.82, 2.24) is 0 Å². The lowest BCUT2D eigenvalue weighted by atomic mass is 9.91. The Morgan fingerprint density at radius 1 is 1.45 bits per heavy atom. The molecule has 1 aromatic rings. The van der Waals surface area contributed by atoms with Gasteiger partial charge in [0, 0.05) is 5.18 Å². The fourth-order valence-corrected chi connectivity index (χ4v) is 1.57. The first kappa shape index (κ1) is 14.1. The van der Waals surface area contributed by atoms with Gasteiger partial charge in [0.15, 0.2) is 11.5 Å². The average Bonchev–Trinajstić information content (AvgIpc) is 2.35. The molecular weight excluding hydrogens is 286 g/mol. The Kier molecular flexibility index (Phi) is 3.53. The third-order valence-electron chi connectivity index (χ3n) is 2.24. The predicted molar refractivity (Wildman–Crippen MR) is 57.3 cm³/mol. The van der Waals surface area contributed by atoms with Crippen LogP contribution in [0.25, 0.3) is 0 Å². The molecule has 0 radical (unpaired) electrons. The van der Waals surface area contributed by atoms with Gasteiger partial charge in [-0.2, -0.15) is 0 Å². The zero-order chi connectivity index (χ0) is 14.9. The summed E-state index contributed by atoms with van der Waals surface area (Å²) in [7, 11) is -1.50. The smallest absolute Gasteiger partial charge is 0.531 e. The Morgan fingerprint density at radius 2 is 2.15 bits per heavy atom. The molecule has 0 saturated heterocycles. The minimum absolute atomic E-state index is 0.114. The summed E-state index contributed by atoms with van der Waals surface area (Å²) in [4.78, 5) is 21.7. The number of amides is 1. The van der Waals surface area contributed by atoms with Gasteiger partial charge in [-0.15, -0.1) is 18.1 Å². The summed E-state index contributed by atoms with van der Waals surface area (Å²) in [5.41, 5.74) is -0.867. The van der Waals surface area contributed by atoms with Crippen LogP contribution in [0.2, 0.25) is 0 Å². The van der Waals surface area contributed by atoms with Crippen LogP contribution in [0.15, 0.2) is 17.3 Å². The van der Waals surface area contributed by atoms with E-state index in [-0.39, 0.29) is 12.3 Å². The highest BCUT2D eigenvalue weighted by molar-refractivity contribution is 6.44. The molecule has 0 bridgehead atoms. The van der Waals surface area contributed by atoms with E-state index in [1.807, 2.05) is 5.18 Å². The Morgan fingerprint density at radius 3 is 2.75 bits per heavy atom. The number of hydrogen-bond donors (Lipinski definition) is 1. The molecular formula is C9H5BF3NO6. The van der Waals surface area contributed by atoms with Crippen LogP contribution in [-0.2, 0) is 0 Å². The van der Waals surface area contributed by atoms with E-state index >= 15 is 0 Å². The number of fused-ring (bicyclic) bond motifs is 1. The highest BCUT2D eigenvalue weighted by atomic mass is 19.4. The van der Waals surface area contributed by atoms with Crippen molar-refractivity contribution >= 4 is 13.0 Å². The molecule has 1 aliphatic rings. The number of hydrogen-bond acceptors (Lipinski definition) is 6. The largest absolute Gasteiger partial charge is 0.573 e. The van der Waals surface area contributed by atoms with Crippen LogP contribution in [0.1, 0.15) is 10.4 Å². The summed E-state index contributed by atoms with van der Waals surface area (Å²) < 4.78 is 50.1. The second kappa shape index (κ2) is 5.00. The van der Waals surface area contributed by atoms with Crippen LogP contribution in [0.3, 0.4) is 0 Å². The lowest BCUT2D eigenvalue weighted by Gasteiger charge is -2.23. The van der Waals surface area contributed by atoms with E-state index < -0.39 is 36.5 Å². The molecule has 11 heteroatoms. The summed E-state index contributed by atoms with van der Waals surface area (Å²) >= 11 is 0. The van der Waals surface area contributed by atoms with Crippen molar-refractivity contribution in [3.63, 3.8) is 0 Å². The lowest BCUT2D eigenvalue weighted by molar-refractivity contribution is -0.274. The van der Waals surface area contributed by atoms with Gasteiger partial charge in [-0.05, 0) is 12.1 Å². The van der Waals surface area contributed by atoms with Crippen LogP contribution in [0.4, 0.5) is 13.2 Å². The fraction of sp³-hybridized carbons (Fsp3) is 0.222. The molecule has 7 nitrogen and oxygen atoms in total. The predicted octanol–water partition coefficient (Wildman–Crippen LogP) is 1.28. The van der Waals surface area contributed by atoms with E-state index in [1.54, 1.807) is 0 Å². The monoisotopic (exact) mass is 291 g/mol. The standard InChI is InChI=1S/C9H5BF3NO6/c11-9(12,13)19-4-1-2-5-7(6(4)8(15)14-17)20-10(16)3-18-5/h1-2,16H,3H2. The van der Waals surface area contributed by atoms with Crippen molar-refractivity contribution in [2.45, 2.75) is 6.36 Å². The number of nitroso groups, excluding NO2 is 1. The van der Waals surface area contributed by atoms with Gasteiger partial charge in [0.1, 0.15) is 17.8 Å². The summed E-state index contributed by atoms with van der Waals surface area (Å²) in [6.07, 6.45) is -5.08. The Hall–Kier alpha value is -2.30. The first-order chi connectivity index (χ1) is 9.31. The number of benzene rings is 1. The van der Waals surface area contributed by atoms with Crippen LogP contribution in [0.5, 0.6) is 17.2 Å². The quantitative estimate of drug-likeness (QED) is 0.651. The Labute approximate surface area is 109 Å². The van der Waals surface area contributed by atoms with Crippen LogP contribution >= 0.6 is 0 Å². The van der Waals surface area contributed by atoms with E-state index in [0.717, 1.165) is 12.1 Å². The minimum Gasteiger partial charge on any atom is -0.531 e. The number of carbonyl (C=O) groups is 1. The van der Waals surface area contributed by atoms with Crippen molar-refractivity contribution in [3.05, 3.63) is 22.6 Å². The first-order valence-corrected chi connectivity index (χ1v) is 5.10. The maximum absolute atomic E-state index is 12.2. The van der Waals surface area contributed by atoms with Gasteiger partial charge in [-0.25, -0.2) is 0 Å². The van der Waals surface area contributed by atoms with Crippen molar-refractivity contribution in [2.75, 3.05) is 6.51 Å². The molecule has 1 aromatic carbocycles. The maximum Gasteiger partial charge on any atom is 0.573 e. The van der Waals surface area contributed by atoms with Gasteiger partial charge < -0.3 is 19.2 Å². The van der Waals surface area contributed by atoms with Crippen molar-refractivity contribution < 1.29 is 37.1 Å².